The molecule has 1 fully saturated rings. The maximum absolute atomic E-state index is 11.7. The van der Waals surface area contributed by atoms with Gasteiger partial charge in [-0.05, 0) is 39.5 Å². The van der Waals surface area contributed by atoms with Crippen LogP contribution in [0.3, 0.4) is 0 Å². The smallest absolute Gasteiger partial charge is 0.410 e. The fraction of sp³-hybridized carbons (Fsp3) is 0.846. The molecule has 0 radical (unpaired) electrons. The predicted molar refractivity (Wildman–Crippen MR) is 69.2 cm³/mol. The molecule has 0 aromatic rings. The third-order valence-corrected chi connectivity index (χ3v) is 2.90. The molecule has 1 aliphatic heterocycles. The summed E-state index contributed by atoms with van der Waals surface area (Å²) >= 11 is 0. The number of carbonyl (C=O) groups is 2. The van der Waals surface area contributed by atoms with Gasteiger partial charge in [-0.25, -0.2) is 4.79 Å². The molecule has 0 saturated carbocycles. The van der Waals surface area contributed by atoms with Crippen LogP contribution < -0.4 is 5.32 Å². The second kappa shape index (κ2) is 6.07. The lowest BCUT2D eigenvalue weighted by Crippen LogP contribution is -2.51. The molecule has 1 N–H and O–H groups in total. The van der Waals surface area contributed by atoms with Crippen LogP contribution in [0.2, 0.25) is 0 Å². The first-order valence-corrected chi connectivity index (χ1v) is 6.50. The third kappa shape index (κ3) is 4.94. The summed E-state index contributed by atoms with van der Waals surface area (Å²) in [5, 5.41) is 2.60. The van der Waals surface area contributed by atoms with Crippen molar-refractivity contribution in [1.29, 1.82) is 0 Å². The molecular weight excluding hydrogens is 232 g/mol. The second-order valence-electron chi connectivity index (χ2n) is 5.82. The molecule has 0 bridgehead atoms. The van der Waals surface area contributed by atoms with Gasteiger partial charge in [-0.15, -0.1) is 0 Å². The molecule has 5 heteroatoms. The van der Waals surface area contributed by atoms with E-state index in [2.05, 4.69) is 5.32 Å². The first-order valence-electron chi connectivity index (χ1n) is 6.50. The van der Waals surface area contributed by atoms with E-state index in [0.717, 1.165) is 25.9 Å². The Morgan fingerprint density at radius 3 is 2.44 bits per heavy atom. The van der Waals surface area contributed by atoms with E-state index >= 15 is 0 Å². The second-order valence-corrected chi connectivity index (χ2v) is 5.82. The minimum absolute atomic E-state index is 0.0818. The van der Waals surface area contributed by atoms with Crippen LogP contribution >= 0.6 is 0 Å². The van der Waals surface area contributed by atoms with Crippen LogP contribution in [0.4, 0.5) is 4.79 Å². The molecule has 0 aromatic carbocycles. The largest absolute Gasteiger partial charge is 0.444 e. The monoisotopic (exact) mass is 256 g/mol. The molecule has 0 aromatic heterocycles. The van der Waals surface area contributed by atoms with E-state index in [1.54, 1.807) is 11.9 Å². The Hall–Kier alpha value is -1.26. The molecule has 1 heterocycles. The van der Waals surface area contributed by atoms with E-state index in [-0.39, 0.29) is 12.0 Å². The summed E-state index contributed by atoms with van der Waals surface area (Å²) in [5.74, 6) is 0.598. The van der Waals surface area contributed by atoms with Crippen molar-refractivity contribution in [1.82, 2.24) is 10.2 Å². The number of hydrogen-bond acceptors (Lipinski definition) is 3. The van der Waals surface area contributed by atoms with Gasteiger partial charge < -0.3 is 15.0 Å². The average molecular weight is 256 g/mol. The van der Waals surface area contributed by atoms with Crippen molar-refractivity contribution >= 4 is 12.0 Å². The van der Waals surface area contributed by atoms with Crippen molar-refractivity contribution in [2.75, 3.05) is 20.1 Å². The number of carbonyl (C=O) groups excluding carboxylic acids is 2. The molecular formula is C13H24N2O3. The Balaban J connectivity index is 2.12. The van der Waals surface area contributed by atoms with Gasteiger partial charge in [0.15, 0.2) is 0 Å². The van der Waals surface area contributed by atoms with E-state index in [9.17, 15) is 9.59 Å². The fourth-order valence-electron chi connectivity index (χ4n) is 1.90. The van der Waals surface area contributed by atoms with Crippen LogP contribution in [0.5, 0.6) is 0 Å². The maximum Gasteiger partial charge on any atom is 0.410 e. The lowest BCUT2D eigenvalue weighted by molar-refractivity contribution is -0.120. The van der Waals surface area contributed by atoms with Crippen LogP contribution in [-0.4, -0.2) is 42.6 Å². The fourth-order valence-corrected chi connectivity index (χ4v) is 1.90. The summed E-state index contributed by atoms with van der Waals surface area (Å²) in [6.45, 7) is 7.11. The molecule has 1 saturated heterocycles. The number of nitrogens with zero attached hydrogens (tertiary/aromatic N) is 1. The number of hydrogen-bond donors (Lipinski definition) is 1. The van der Waals surface area contributed by atoms with Gasteiger partial charge >= 0.3 is 6.09 Å². The van der Waals surface area contributed by atoms with E-state index in [4.69, 9.17) is 4.74 Å². The lowest BCUT2D eigenvalue weighted by Gasteiger charge is -2.39. The van der Waals surface area contributed by atoms with Crippen LogP contribution in [0, 0.1) is 5.92 Å². The van der Waals surface area contributed by atoms with Crippen LogP contribution in [0.25, 0.3) is 0 Å². The number of ether oxygens (including phenoxy) is 1. The van der Waals surface area contributed by atoms with Crippen molar-refractivity contribution < 1.29 is 14.3 Å². The normalized spacial score (nSPS) is 16.1. The van der Waals surface area contributed by atoms with Gasteiger partial charge in [0, 0.05) is 26.6 Å². The molecule has 5 nitrogen and oxygen atoms in total. The summed E-state index contributed by atoms with van der Waals surface area (Å²) < 4.78 is 5.27. The van der Waals surface area contributed by atoms with E-state index < -0.39 is 5.60 Å². The number of amides is 2. The molecule has 2 amide bonds. The summed E-state index contributed by atoms with van der Waals surface area (Å²) in [6, 6.07) is 0. The highest BCUT2D eigenvalue weighted by Crippen LogP contribution is 2.23. The van der Waals surface area contributed by atoms with Crippen molar-refractivity contribution in [3.8, 4) is 0 Å². The quantitative estimate of drug-likeness (QED) is 0.834. The Morgan fingerprint density at radius 2 is 1.94 bits per heavy atom. The lowest BCUT2D eigenvalue weighted by atomic mass is 9.94. The zero-order valence-electron chi connectivity index (χ0n) is 11.8. The Morgan fingerprint density at radius 1 is 1.33 bits per heavy atom. The van der Waals surface area contributed by atoms with Gasteiger partial charge in [0.05, 0.1) is 0 Å². The summed E-state index contributed by atoms with van der Waals surface area (Å²) in [5.41, 5.74) is -0.429. The summed E-state index contributed by atoms with van der Waals surface area (Å²) in [4.78, 5) is 24.4. The van der Waals surface area contributed by atoms with Crippen molar-refractivity contribution in [3.63, 3.8) is 0 Å². The Labute approximate surface area is 109 Å². The average Bonchev–Trinajstić information content (AvgIpc) is 2.17. The first-order chi connectivity index (χ1) is 8.31. The SMILES string of the molecule is CNC(=O)CCCC1CN(C(=O)OC(C)(C)C)C1. The zero-order valence-corrected chi connectivity index (χ0v) is 11.8. The Kier molecular flexibility index (Phi) is 4.99. The molecule has 0 atom stereocenters. The number of rotatable bonds is 4. The van der Waals surface area contributed by atoms with Crippen molar-refractivity contribution in [2.24, 2.45) is 5.92 Å². The number of likely N-dealkylation sites (tertiary alicyclic amines) is 1. The molecule has 0 aliphatic carbocycles. The Bertz CT molecular complexity index is 304. The van der Waals surface area contributed by atoms with Gasteiger partial charge in [0.1, 0.15) is 5.60 Å². The van der Waals surface area contributed by atoms with E-state index in [0.29, 0.717) is 12.3 Å². The van der Waals surface area contributed by atoms with Crippen molar-refractivity contribution in [3.05, 3.63) is 0 Å². The van der Waals surface area contributed by atoms with Gasteiger partial charge in [-0.1, -0.05) is 0 Å². The minimum atomic E-state index is -0.429. The van der Waals surface area contributed by atoms with Gasteiger partial charge in [-0.2, -0.15) is 0 Å². The molecule has 0 unspecified atom stereocenters. The highest BCUT2D eigenvalue weighted by atomic mass is 16.6. The zero-order chi connectivity index (χ0) is 13.8. The molecule has 18 heavy (non-hydrogen) atoms. The van der Waals surface area contributed by atoms with Crippen LogP contribution in [0.1, 0.15) is 40.0 Å². The molecule has 1 rings (SSSR count). The van der Waals surface area contributed by atoms with E-state index in [1.807, 2.05) is 20.8 Å². The highest BCUT2D eigenvalue weighted by Gasteiger charge is 2.33. The summed E-state index contributed by atoms with van der Waals surface area (Å²) in [7, 11) is 1.65. The molecule has 104 valence electrons. The topological polar surface area (TPSA) is 58.6 Å². The maximum atomic E-state index is 11.7. The number of nitrogens with one attached hydrogen (secondary N) is 1. The predicted octanol–water partition coefficient (Wildman–Crippen LogP) is 1.77. The summed E-state index contributed by atoms with van der Waals surface area (Å²) in [6.07, 6.45) is 2.21. The van der Waals surface area contributed by atoms with E-state index in [1.165, 1.54) is 0 Å². The van der Waals surface area contributed by atoms with Gasteiger partial charge in [0.2, 0.25) is 5.91 Å². The minimum Gasteiger partial charge on any atom is -0.444 e. The molecule has 0 spiro atoms. The first kappa shape index (κ1) is 14.8. The van der Waals surface area contributed by atoms with Gasteiger partial charge in [-0.3, -0.25) is 4.79 Å². The van der Waals surface area contributed by atoms with Crippen LogP contribution in [-0.2, 0) is 9.53 Å². The molecule has 1 aliphatic rings. The van der Waals surface area contributed by atoms with Crippen LogP contribution in [0.15, 0.2) is 0 Å². The standard InChI is InChI=1S/C13H24N2O3/c1-13(2,3)18-12(17)15-8-10(9-15)6-5-7-11(16)14-4/h10H,5-9H2,1-4H3,(H,14,16). The third-order valence-electron chi connectivity index (χ3n) is 2.90. The van der Waals surface area contributed by atoms with Crippen molar-refractivity contribution in [2.45, 2.75) is 45.6 Å². The highest BCUT2D eigenvalue weighted by molar-refractivity contribution is 5.75. The van der Waals surface area contributed by atoms with Gasteiger partial charge in [0.25, 0.3) is 0 Å².